The van der Waals surface area contributed by atoms with Crippen LogP contribution in [-0.4, -0.2) is 34.7 Å². The molecule has 1 rings (SSSR count). The van der Waals surface area contributed by atoms with Crippen LogP contribution < -0.4 is 0 Å². The monoisotopic (exact) mass is 173 g/mol. The molecule has 1 fully saturated rings. The maximum absolute atomic E-state index is 5.40. The van der Waals surface area contributed by atoms with Crippen LogP contribution in [0.25, 0.3) is 0 Å². The fourth-order valence-electron chi connectivity index (χ4n) is 0.907. The normalized spacial score (nSPS) is 22.6. The second kappa shape index (κ2) is 4.90. The Morgan fingerprint density at radius 3 is 2.82 bits per heavy atom. The summed E-state index contributed by atoms with van der Waals surface area (Å²) in [6.07, 6.45) is 1.66. The number of epoxide rings is 1. The first kappa shape index (κ1) is 9.23. The minimum Gasteiger partial charge on any atom is -0.379 e. The highest BCUT2D eigenvalue weighted by Gasteiger charge is 2.21. The van der Waals surface area contributed by atoms with Crippen molar-refractivity contribution >= 4 is 8.80 Å². The van der Waals surface area contributed by atoms with Gasteiger partial charge in [0.2, 0.25) is 0 Å². The molecule has 1 unspecified atom stereocenters. The summed E-state index contributed by atoms with van der Waals surface area (Å²) < 4.78 is 10.4. The van der Waals surface area contributed by atoms with Crippen LogP contribution in [0.1, 0.15) is 6.42 Å². The highest BCUT2D eigenvalue weighted by molar-refractivity contribution is 6.55. The van der Waals surface area contributed by atoms with Crippen LogP contribution in [-0.2, 0) is 9.47 Å². The van der Waals surface area contributed by atoms with E-state index in [1.807, 2.05) is 0 Å². The van der Waals surface area contributed by atoms with Gasteiger partial charge in [-0.2, -0.15) is 0 Å². The van der Waals surface area contributed by atoms with E-state index in [9.17, 15) is 0 Å². The van der Waals surface area contributed by atoms with Crippen LogP contribution in [0.5, 0.6) is 0 Å². The second-order valence-electron chi connectivity index (χ2n) is 3.34. The summed E-state index contributed by atoms with van der Waals surface area (Å²) in [7, 11) is -0.0307. The Morgan fingerprint density at radius 2 is 2.27 bits per heavy atom. The van der Waals surface area contributed by atoms with E-state index < -0.39 is 0 Å². The molecule has 1 atom stereocenters. The van der Waals surface area contributed by atoms with Crippen LogP contribution >= 0.6 is 0 Å². The lowest BCUT2D eigenvalue weighted by Crippen LogP contribution is -2.05. The molecule has 0 aromatic carbocycles. The van der Waals surface area contributed by atoms with Crippen molar-refractivity contribution in [2.45, 2.75) is 31.7 Å². The Labute approximate surface area is 70.5 Å². The summed E-state index contributed by atoms with van der Waals surface area (Å²) >= 11 is 0. The van der Waals surface area contributed by atoms with Crippen LogP contribution in [0.3, 0.4) is 0 Å². The van der Waals surface area contributed by atoms with Gasteiger partial charge in [-0.15, -0.1) is 0 Å². The van der Waals surface area contributed by atoms with Gasteiger partial charge in [-0.3, -0.25) is 0 Å². The van der Waals surface area contributed by atoms with E-state index in [2.05, 4.69) is 13.1 Å². The third-order valence-electron chi connectivity index (χ3n) is 1.67. The molecule has 0 aliphatic carbocycles. The minimum atomic E-state index is -0.0307. The van der Waals surface area contributed by atoms with Crippen LogP contribution in [0.2, 0.25) is 19.1 Å². The average Bonchev–Trinajstić information content (AvgIpc) is 2.70. The largest absolute Gasteiger partial charge is 0.379 e. The lowest BCUT2D eigenvalue weighted by Gasteiger charge is -2.02. The molecule has 1 aliphatic rings. The molecule has 11 heavy (non-hydrogen) atoms. The molecule has 0 amide bonds. The third kappa shape index (κ3) is 5.41. The zero-order valence-electron chi connectivity index (χ0n) is 7.43. The molecule has 0 aromatic rings. The fourth-order valence-corrected chi connectivity index (χ4v) is 1.76. The van der Waals surface area contributed by atoms with E-state index in [0.29, 0.717) is 6.10 Å². The number of rotatable bonds is 6. The number of ether oxygens (including phenoxy) is 2. The maximum Gasteiger partial charge on any atom is 0.104 e. The third-order valence-corrected chi connectivity index (χ3v) is 3.03. The Kier molecular flexibility index (Phi) is 4.11. The van der Waals surface area contributed by atoms with Crippen LogP contribution in [0.4, 0.5) is 0 Å². The summed E-state index contributed by atoms with van der Waals surface area (Å²) in [5.74, 6) is 0. The molecule has 1 radical (unpaired) electrons. The molecule has 0 spiro atoms. The predicted octanol–water partition coefficient (Wildman–Crippen LogP) is 1.55. The lowest BCUT2D eigenvalue weighted by atomic mass is 10.5. The molecule has 1 saturated heterocycles. The van der Waals surface area contributed by atoms with Gasteiger partial charge in [-0.05, 0) is 6.42 Å². The first-order chi connectivity index (χ1) is 5.29. The molecule has 0 N–H and O–H groups in total. The van der Waals surface area contributed by atoms with Crippen molar-refractivity contribution in [3.8, 4) is 0 Å². The molecule has 3 heteroatoms. The van der Waals surface area contributed by atoms with E-state index in [0.717, 1.165) is 19.8 Å². The smallest absolute Gasteiger partial charge is 0.104 e. The van der Waals surface area contributed by atoms with Gasteiger partial charge in [-0.25, -0.2) is 0 Å². The molecule has 0 saturated carbocycles. The van der Waals surface area contributed by atoms with Crippen molar-refractivity contribution in [1.82, 2.24) is 0 Å². The van der Waals surface area contributed by atoms with Gasteiger partial charge in [0.05, 0.1) is 13.2 Å². The topological polar surface area (TPSA) is 21.8 Å². The Hall–Kier alpha value is 0.137. The fraction of sp³-hybridized carbons (Fsp3) is 1.00. The van der Waals surface area contributed by atoms with Gasteiger partial charge in [0.25, 0.3) is 0 Å². The molecule has 65 valence electrons. The summed E-state index contributed by atoms with van der Waals surface area (Å²) in [5.41, 5.74) is 0. The van der Waals surface area contributed by atoms with Crippen molar-refractivity contribution < 1.29 is 9.47 Å². The summed E-state index contributed by atoms with van der Waals surface area (Å²) in [6, 6.07) is 1.37. The van der Waals surface area contributed by atoms with Gasteiger partial charge in [0.1, 0.15) is 6.10 Å². The average molecular weight is 173 g/mol. The molecule has 0 aromatic heterocycles. The zero-order valence-corrected chi connectivity index (χ0v) is 8.43. The molecule has 0 bridgehead atoms. The van der Waals surface area contributed by atoms with Crippen molar-refractivity contribution in [3.05, 3.63) is 0 Å². The van der Waals surface area contributed by atoms with Crippen molar-refractivity contribution in [3.63, 3.8) is 0 Å². The summed E-state index contributed by atoms with van der Waals surface area (Å²) in [4.78, 5) is 0. The van der Waals surface area contributed by atoms with Crippen LogP contribution in [0, 0.1) is 0 Å². The summed E-state index contributed by atoms with van der Waals surface area (Å²) in [5, 5.41) is 0. The van der Waals surface area contributed by atoms with E-state index in [4.69, 9.17) is 9.47 Å². The lowest BCUT2D eigenvalue weighted by molar-refractivity contribution is 0.117. The van der Waals surface area contributed by atoms with Crippen molar-refractivity contribution in [2.75, 3.05) is 19.8 Å². The molecular formula is C8H17O2Si. The minimum absolute atomic E-state index is 0.0307. The number of hydrogen-bond donors (Lipinski definition) is 0. The first-order valence-corrected chi connectivity index (χ1v) is 6.98. The first-order valence-electron chi connectivity index (χ1n) is 4.27. The SMILES string of the molecule is C[Si](C)CCCOCC1CO1. The Bertz CT molecular complexity index is 98.3. The molecule has 2 nitrogen and oxygen atoms in total. The predicted molar refractivity (Wildman–Crippen MR) is 47.5 cm³/mol. The van der Waals surface area contributed by atoms with Crippen LogP contribution in [0.15, 0.2) is 0 Å². The second-order valence-corrected chi connectivity index (χ2v) is 6.26. The standard InChI is InChI=1S/C8H17O2Si/c1-11(2)5-3-4-9-6-8-7-10-8/h8H,3-7H2,1-2H3. The molecule has 1 heterocycles. The van der Waals surface area contributed by atoms with Gasteiger partial charge in [0.15, 0.2) is 0 Å². The van der Waals surface area contributed by atoms with E-state index in [1.54, 1.807) is 0 Å². The highest BCUT2D eigenvalue weighted by atomic mass is 28.3. The van der Waals surface area contributed by atoms with Gasteiger partial charge in [-0.1, -0.05) is 19.1 Å². The summed E-state index contributed by atoms with van der Waals surface area (Å²) in [6.45, 7) is 7.34. The molecular weight excluding hydrogens is 156 g/mol. The van der Waals surface area contributed by atoms with Gasteiger partial charge in [0, 0.05) is 15.4 Å². The number of hydrogen-bond acceptors (Lipinski definition) is 2. The van der Waals surface area contributed by atoms with Crippen molar-refractivity contribution in [2.24, 2.45) is 0 Å². The Morgan fingerprint density at radius 1 is 1.55 bits per heavy atom. The Balaban J connectivity index is 1.73. The molecule has 1 aliphatic heterocycles. The van der Waals surface area contributed by atoms with E-state index >= 15 is 0 Å². The van der Waals surface area contributed by atoms with E-state index in [1.165, 1.54) is 12.5 Å². The quantitative estimate of drug-likeness (QED) is 0.345. The highest BCUT2D eigenvalue weighted by Crippen LogP contribution is 2.08. The van der Waals surface area contributed by atoms with E-state index in [-0.39, 0.29) is 8.80 Å². The zero-order chi connectivity index (χ0) is 8.10. The maximum atomic E-state index is 5.40. The van der Waals surface area contributed by atoms with Gasteiger partial charge < -0.3 is 9.47 Å². The van der Waals surface area contributed by atoms with Crippen molar-refractivity contribution in [1.29, 1.82) is 0 Å². The van der Waals surface area contributed by atoms with Gasteiger partial charge >= 0.3 is 0 Å².